The summed E-state index contributed by atoms with van der Waals surface area (Å²) in [6.45, 7) is 5.02. The third-order valence-electron chi connectivity index (χ3n) is 3.75. The minimum Gasteiger partial charge on any atom is -0.377 e. The minimum atomic E-state index is 0.375. The first-order valence-corrected chi connectivity index (χ1v) is 7.12. The number of nitrogens with one attached hydrogen (secondary N) is 2. The predicted molar refractivity (Wildman–Crippen MR) is 80.2 cm³/mol. The molecule has 1 aliphatic carbocycles. The van der Waals surface area contributed by atoms with Crippen molar-refractivity contribution in [3.8, 4) is 0 Å². The van der Waals surface area contributed by atoms with Gasteiger partial charge in [-0.3, -0.25) is 0 Å². The fourth-order valence-electron chi connectivity index (χ4n) is 2.87. The maximum Gasteiger partial charge on any atom is 0.158 e. The van der Waals surface area contributed by atoms with Crippen LogP contribution in [0.1, 0.15) is 45.4 Å². The molecule has 1 heterocycles. The normalized spacial score (nSPS) is 21.5. The van der Waals surface area contributed by atoms with Gasteiger partial charge in [0.25, 0.3) is 0 Å². The van der Waals surface area contributed by atoms with Crippen molar-refractivity contribution in [1.29, 1.82) is 0 Å². The summed E-state index contributed by atoms with van der Waals surface area (Å²) in [6, 6.07) is 2.29. The molecule has 1 unspecified atom stereocenters. The zero-order valence-corrected chi connectivity index (χ0v) is 12.6. The number of nitrogens with two attached hydrogens (primary N) is 1. The lowest BCUT2D eigenvalue weighted by atomic mass is 9.75. The van der Waals surface area contributed by atoms with E-state index in [2.05, 4.69) is 34.6 Å². The number of nitrogen functional groups attached to an aromatic ring is 1. The van der Waals surface area contributed by atoms with E-state index in [1.165, 1.54) is 19.3 Å². The third kappa shape index (κ3) is 4.05. The number of hydrazine groups is 1. The molecule has 0 radical (unpaired) electrons. The Labute approximate surface area is 120 Å². The van der Waals surface area contributed by atoms with Gasteiger partial charge in [0.2, 0.25) is 0 Å². The number of aromatic nitrogens is 2. The Balaban J connectivity index is 2.09. The minimum absolute atomic E-state index is 0.375. The van der Waals surface area contributed by atoms with Crippen LogP contribution in [0.25, 0.3) is 0 Å². The summed E-state index contributed by atoms with van der Waals surface area (Å²) in [5.41, 5.74) is 2.97. The Kier molecular flexibility index (Phi) is 4.77. The second-order valence-corrected chi connectivity index (χ2v) is 6.23. The van der Waals surface area contributed by atoms with E-state index in [1.807, 2.05) is 6.07 Å². The van der Waals surface area contributed by atoms with E-state index in [9.17, 15) is 0 Å². The molecule has 0 bridgehead atoms. The van der Waals surface area contributed by atoms with E-state index < -0.39 is 0 Å². The molecule has 4 N–H and O–H groups in total. The van der Waals surface area contributed by atoms with Crippen LogP contribution in [0.5, 0.6) is 0 Å². The quantitative estimate of drug-likeness (QED) is 0.566. The molecule has 0 aromatic carbocycles. The molecule has 1 atom stereocenters. The molecule has 0 saturated heterocycles. The second kappa shape index (κ2) is 6.37. The molecular formula is C14H25N5O. The van der Waals surface area contributed by atoms with Crippen LogP contribution < -0.4 is 16.6 Å². The van der Waals surface area contributed by atoms with Gasteiger partial charge in [-0.25, -0.2) is 15.8 Å². The van der Waals surface area contributed by atoms with Crippen LogP contribution in [0, 0.1) is 5.41 Å². The molecular weight excluding hydrogens is 254 g/mol. The maximum absolute atomic E-state index is 5.45. The predicted octanol–water partition coefficient (Wildman–Crippen LogP) is 2.29. The van der Waals surface area contributed by atoms with Crippen LogP contribution in [-0.4, -0.2) is 23.1 Å². The van der Waals surface area contributed by atoms with E-state index >= 15 is 0 Å². The first kappa shape index (κ1) is 15.0. The molecule has 1 fully saturated rings. The van der Waals surface area contributed by atoms with Crippen molar-refractivity contribution in [2.24, 2.45) is 11.3 Å². The van der Waals surface area contributed by atoms with Crippen molar-refractivity contribution in [3.63, 3.8) is 0 Å². The van der Waals surface area contributed by atoms with Gasteiger partial charge in [-0.15, -0.1) is 0 Å². The summed E-state index contributed by atoms with van der Waals surface area (Å²) in [5.74, 6) is 7.49. The average Bonchev–Trinajstić information content (AvgIpc) is 2.37. The second-order valence-electron chi connectivity index (χ2n) is 6.23. The Morgan fingerprint density at radius 2 is 2.15 bits per heavy atom. The van der Waals surface area contributed by atoms with Crippen LogP contribution in [0.4, 0.5) is 11.6 Å². The number of hydrogen-bond acceptors (Lipinski definition) is 6. The first-order valence-electron chi connectivity index (χ1n) is 7.12. The van der Waals surface area contributed by atoms with Crippen molar-refractivity contribution in [3.05, 3.63) is 11.9 Å². The lowest BCUT2D eigenvalue weighted by molar-refractivity contribution is 0.178. The number of anilines is 2. The fourth-order valence-corrected chi connectivity index (χ4v) is 2.87. The van der Waals surface area contributed by atoms with Gasteiger partial charge in [0.15, 0.2) is 5.82 Å². The van der Waals surface area contributed by atoms with E-state index in [0.29, 0.717) is 29.7 Å². The van der Waals surface area contributed by atoms with Gasteiger partial charge in [0, 0.05) is 19.2 Å². The highest BCUT2D eigenvalue weighted by atomic mass is 16.5. The van der Waals surface area contributed by atoms with Crippen molar-refractivity contribution >= 4 is 11.6 Å². The molecule has 1 aromatic rings. The van der Waals surface area contributed by atoms with Crippen LogP contribution in [0.15, 0.2) is 6.07 Å². The van der Waals surface area contributed by atoms with Crippen molar-refractivity contribution in [1.82, 2.24) is 9.97 Å². The van der Waals surface area contributed by atoms with Crippen LogP contribution >= 0.6 is 0 Å². The SMILES string of the molecule is COCc1nc(NN)cc(NC2CCCC(C)(C)C2)n1. The van der Waals surface area contributed by atoms with Gasteiger partial charge < -0.3 is 15.5 Å². The summed E-state index contributed by atoms with van der Waals surface area (Å²) >= 11 is 0. The topological polar surface area (TPSA) is 85.1 Å². The third-order valence-corrected chi connectivity index (χ3v) is 3.75. The molecule has 6 heteroatoms. The molecule has 2 rings (SSSR count). The van der Waals surface area contributed by atoms with Crippen molar-refractivity contribution in [2.45, 2.75) is 52.2 Å². The van der Waals surface area contributed by atoms with E-state index in [0.717, 1.165) is 12.2 Å². The summed E-state index contributed by atoms with van der Waals surface area (Å²) in [7, 11) is 1.63. The molecule has 6 nitrogen and oxygen atoms in total. The van der Waals surface area contributed by atoms with Crippen LogP contribution in [0.3, 0.4) is 0 Å². The van der Waals surface area contributed by atoms with Crippen LogP contribution in [-0.2, 0) is 11.3 Å². The maximum atomic E-state index is 5.45. The summed E-state index contributed by atoms with van der Waals surface area (Å²) < 4.78 is 5.08. The number of nitrogens with zero attached hydrogens (tertiary/aromatic N) is 2. The highest BCUT2D eigenvalue weighted by Gasteiger charge is 2.28. The molecule has 1 saturated carbocycles. The number of hydrogen-bond donors (Lipinski definition) is 3. The van der Waals surface area contributed by atoms with Gasteiger partial charge >= 0.3 is 0 Å². The Hall–Kier alpha value is -1.40. The largest absolute Gasteiger partial charge is 0.377 e. The van der Waals surface area contributed by atoms with Gasteiger partial charge in [-0.1, -0.05) is 20.3 Å². The molecule has 20 heavy (non-hydrogen) atoms. The monoisotopic (exact) mass is 279 g/mol. The molecule has 0 amide bonds. The van der Waals surface area contributed by atoms with Gasteiger partial charge in [0.1, 0.15) is 18.2 Å². The molecule has 0 aliphatic heterocycles. The lowest BCUT2D eigenvalue weighted by Gasteiger charge is -2.35. The molecule has 1 aliphatic rings. The fraction of sp³-hybridized carbons (Fsp3) is 0.714. The van der Waals surface area contributed by atoms with E-state index in [4.69, 9.17) is 10.6 Å². The number of methoxy groups -OCH3 is 1. The highest BCUT2D eigenvalue weighted by molar-refractivity contribution is 5.47. The van der Waals surface area contributed by atoms with Crippen molar-refractivity contribution in [2.75, 3.05) is 17.9 Å². The zero-order chi connectivity index (χ0) is 14.6. The molecule has 112 valence electrons. The molecule has 1 aromatic heterocycles. The number of rotatable bonds is 5. The smallest absolute Gasteiger partial charge is 0.158 e. The standard InChI is InChI=1S/C14H25N5O/c1-14(2)6-4-5-10(8-14)16-11-7-12(19-15)18-13(17-11)9-20-3/h7,10H,4-6,8-9,15H2,1-3H3,(H2,16,17,18,19). The summed E-state index contributed by atoms with van der Waals surface area (Å²) in [4.78, 5) is 8.72. The van der Waals surface area contributed by atoms with E-state index in [-0.39, 0.29) is 0 Å². The zero-order valence-electron chi connectivity index (χ0n) is 12.6. The first-order chi connectivity index (χ1) is 9.52. The van der Waals surface area contributed by atoms with Gasteiger partial charge in [-0.05, 0) is 24.7 Å². The summed E-state index contributed by atoms with van der Waals surface area (Å²) in [6.07, 6.45) is 4.88. The van der Waals surface area contributed by atoms with Gasteiger partial charge in [-0.2, -0.15) is 0 Å². The molecule has 0 spiro atoms. The Morgan fingerprint density at radius 1 is 1.40 bits per heavy atom. The number of ether oxygens (including phenoxy) is 1. The summed E-state index contributed by atoms with van der Waals surface area (Å²) in [5, 5.41) is 3.51. The Morgan fingerprint density at radius 3 is 2.80 bits per heavy atom. The van der Waals surface area contributed by atoms with Gasteiger partial charge in [0.05, 0.1) is 0 Å². The van der Waals surface area contributed by atoms with E-state index in [1.54, 1.807) is 7.11 Å². The highest BCUT2D eigenvalue weighted by Crippen LogP contribution is 2.36. The van der Waals surface area contributed by atoms with Crippen LogP contribution in [0.2, 0.25) is 0 Å². The van der Waals surface area contributed by atoms with Crippen molar-refractivity contribution < 1.29 is 4.74 Å². The lowest BCUT2D eigenvalue weighted by Crippen LogP contribution is -2.32. The Bertz CT molecular complexity index is 449. The average molecular weight is 279 g/mol.